The SMILES string of the molecule is CCCCCCCCCNC(=O)CCCCCCCN(CCO)CCCCCCC(C)(C)C(=O)OC(CCCCCCCC)CCCCCCCC. The molecule has 0 aromatic rings. The van der Waals surface area contributed by atoms with Crippen LogP contribution in [0.15, 0.2) is 0 Å². The molecule has 0 fully saturated rings. The van der Waals surface area contributed by atoms with Gasteiger partial charge in [0.2, 0.25) is 5.91 Å². The molecule has 0 aliphatic heterocycles. The summed E-state index contributed by atoms with van der Waals surface area (Å²) in [6.07, 6.45) is 38.0. The van der Waals surface area contributed by atoms with Gasteiger partial charge in [0.05, 0.1) is 12.0 Å². The van der Waals surface area contributed by atoms with E-state index in [1.54, 1.807) is 0 Å². The van der Waals surface area contributed by atoms with Crippen molar-refractivity contribution in [3.8, 4) is 0 Å². The van der Waals surface area contributed by atoms with Crippen molar-refractivity contribution in [3.63, 3.8) is 0 Å². The Bertz CT molecular complexity index is 757. The maximum absolute atomic E-state index is 13.3. The highest BCUT2D eigenvalue weighted by atomic mass is 16.5. The Morgan fingerprint density at radius 3 is 1.48 bits per heavy atom. The lowest BCUT2D eigenvalue weighted by Crippen LogP contribution is -2.31. The zero-order valence-corrected chi connectivity index (χ0v) is 35.9. The van der Waals surface area contributed by atoms with Crippen LogP contribution in [0.25, 0.3) is 0 Å². The van der Waals surface area contributed by atoms with Gasteiger partial charge in [-0.15, -0.1) is 0 Å². The van der Waals surface area contributed by atoms with Crippen molar-refractivity contribution in [3.05, 3.63) is 0 Å². The maximum atomic E-state index is 13.3. The van der Waals surface area contributed by atoms with E-state index in [0.29, 0.717) is 6.42 Å². The third-order valence-electron chi connectivity index (χ3n) is 11.0. The lowest BCUT2D eigenvalue weighted by Gasteiger charge is -2.27. The van der Waals surface area contributed by atoms with Gasteiger partial charge in [-0.2, -0.15) is 0 Å². The molecule has 0 aromatic carbocycles. The minimum Gasteiger partial charge on any atom is -0.462 e. The third-order valence-corrected chi connectivity index (χ3v) is 11.0. The number of nitrogens with zero attached hydrogens (tertiary/aromatic N) is 1. The second kappa shape index (κ2) is 38.1. The van der Waals surface area contributed by atoms with Crippen LogP contribution in [0.1, 0.15) is 240 Å². The number of aliphatic hydroxyl groups is 1. The number of rotatable bonds is 41. The van der Waals surface area contributed by atoms with Gasteiger partial charge in [-0.05, 0) is 84.7 Å². The molecule has 1 amide bonds. The molecule has 0 heterocycles. The molecule has 0 saturated carbocycles. The van der Waals surface area contributed by atoms with Crippen molar-refractivity contribution in [2.75, 3.05) is 32.8 Å². The predicted molar refractivity (Wildman–Crippen MR) is 225 cm³/mol. The molecular formula is C46H92N2O4. The third kappa shape index (κ3) is 33.4. The Hall–Kier alpha value is -1.14. The smallest absolute Gasteiger partial charge is 0.311 e. The van der Waals surface area contributed by atoms with Crippen LogP contribution in [-0.4, -0.2) is 60.8 Å². The number of amides is 1. The van der Waals surface area contributed by atoms with Crippen LogP contribution in [0, 0.1) is 5.41 Å². The van der Waals surface area contributed by atoms with Crippen LogP contribution >= 0.6 is 0 Å². The zero-order valence-electron chi connectivity index (χ0n) is 35.9. The molecule has 0 unspecified atom stereocenters. The number of aliphatic hydroxyl groups excluding tert-OH is 1. The van der Waals surface area contributed by atoms with Crippen LogP contribution in [-0.2, 0) is 14.3 Å². The molecular weight excluding hydrogens is 645 g/mol. The highest BCUT2D eigenvalue weighted by Gasteiger charge is 2.30. The topological polar surface area (TPSA) is 78.9 Å². The van der Waals surface area contributed by atoms with Gasteiger partial charge in [-0.25, -0.2) is 0 Å². The molecule has 6 nitrogen and oxygen atoms in total. The van der Waals surface area contributed by atoms with Crippen LogP contribution < -0.4 is 5.32 Å². The van der Waals surface area contributed by atoms with E-state index in [1.807, 2.05) is 0 Å². The van der Waals surface area contributed by atoms with E-state index in [9.17, 15) is 14.7 Å². The molecule has 0 bridgehead atoms. The second-order valence-corrected chi connectivity index (χ2v) is 16.7. The van der Waals surface area contributed by atoms with Crippen molar-refractivity contribution in [1.82, 2.24) is 10.2 Å². The predicted octanol–water partition coefficient (Wildman–Crippen LogP) is 12.9. The summed E-state index contributed by atoms with van der Waals surface area (Å²) in [5, 5.41) is 12.7. The summed E-state index contributed by atoms with van der Waals surface area (Å²) < 4.78 is 6.23. The molecule has 0 atom stereocenters. The second-order valence-electron chi connectivity index (χ2n) is 16.7. The normalized spacial score (nSPS) is 11.9. The summed E-state index contributed by atoms with van der Waals surface area (Å²) in [6.45, 7) is 14.8. The van der Waals surface area contributed by atoms with Crippen molar-refractivity contribution in [2.45, 2.75) is 246 Å². The Morgan fingerprint density at radius 2 is 0.981 bits per heavy atom. The Morgan fingerprint density at radius 1 is 0.558 bits per heavy atom. The molecule has 0 aromatic heterocycles. The number of hydrogen-bond acceptors (Lipinski definition) is 5. The van der Waals surface area contributed by atoms with Crippen molar-refractivity contribution in [2.24, 2.45) is 5.41 Å². The van der Waals surface area contributed by atoms with E-state index >= 15 is 0 Å². The van der Waals surface area contributed by atoms with Gasteiger partial charge in [-0.1, -0.05) is 162 Å². The summed E-state index contributed by atoms with van der Waals surface area (Å²) >= 11 is 0. The maximum Gasteiger partial charge on any atom is 0.311 e. The lowest BCUT2D eigenvalue weighted by atomic mass is 9.86. The molecule has 0 spiro atoms. The largest absolute Gasteiger partial charge is 0.462 e. The molecule has 52 heavy (non-hydrogen) atoms. The minimum atomic E-state index is -0.430. The fourth-order valence-electron chi connectivity index (χ4n) is 7.26. The van der Waals surface area contributed by atoms with Crippen molar-refractivity contribution >= 4 is 11.9 Å². The first kappa shape index (κ1) is 50.9. The number of carbonyl (C=O) groups excluding carboxylic acids is 2. The number of ether oxygens (including phenoxy) is 1. The summed E-state index contributed by atoms with van der Waals surface area (Å²) in [7, 11) is 0. The number of carbonyl (C=O) groups is 2. The molecule has 0 radical (unpaired) electrons. The van der Waals surface area contributed by atoms with Gasteiger partial charge in [0.15, 0.2) is 0 Å². The summed E-state index contributed by atoms with van der Waals surface area (Å²) in [5.41, 5.74) is -0.430. The van der Waals surface area contributed by atoms with E-state index in [0.717, 1.165) is 96.8 Å². The van der Waals surface area contributed by atoms with E-state index in [1.165, 1.54) is 128 Å². The minimum absolute atomic E-state index is 0.00524. The standard InChI is InChI=1S/C46H92N2O4/c1-6-9-12-15-18-24-31-38-47-44(50)36-29-22-19-25-32-39-48(41-42-49)40-33-26-23-30-37-46(4,5)45(51)52-43(34-27-20-16-13-10-7-2)35-28-21-17-14-11-8-3/h43,49H,6-42H2,1-5H3,(H,47,50). The Labute approximate surface area is 325 Å². The molecule has 0 rings (SSSR count). The van der Waals surface area contributed by atoms with Crippen LogP contribution in [0.2, 0.25) is 0 Å². The zero-order chi connectivity index (χ0) is 38.4. The van der Waals surface area contributed by atoms with Gasteiger partial charge in [0.25, 0.3) is 0 Å². The van der Waals surface area contributed by atoms with Gasteiger partial charge in [0.1, 0.15) is 6.10 Å². The summed E-state index contributed by atoms with van der Waals surface area (Å²) in [5.74, 6) is 0.223. The monoisotopic (exact) mass is 737 g/mol. The van der Waals surface area contributed by atoms with Gasteiger partial charge in [-0.3, -0.25) is 9.59 Å². The molecule has 2 N–H and O–H groups in total. The fraction of sp³-hybridized carbons (Fsp3) is 0.957. The molecule has 0 aliphatic rings. The summed E-state index contributed by atoms with van der Waals surface area (Å²) in [6, 6.07) is 0. The fourth-order valence-corrected chi connectivity index (χ4v) is 7.26. The lowest BCUT2D eigenvalue weighted by molar-refractivity contribution is -0.161. The first-order chi connectivity index (χ1) is 25.3. The Balaban J connectivity index is 4.18. The number of nitrogens with one attached hydrogen (secondary N) is 1. The average molecular weight is 737 g/mol. The first-order valence-electron chi connectivity index (χ1n) is 23.1. The van der Waals surface area contributed by atoms with Crippen LogP contribution in [0.4, 0.5) is 0 Å². The van der Waals surface area contributed by atoms with E-state index in [2.05, 4.69) is 44.8 Å². The summed E-state index contributed by atoms with van der Waals surface area (Å²) in [4.78, 5) is 27.9. The number of esters is 1. The first-order valence-corrected chi connectivity index (χ1v) is 23.1. The molecule has 0 aliphatic carbocycles. The molecule has 0 saturated heterocycles. The molecule has 6 heteroatoms. The van der Waals surface area contributed by atoms with E-state index < -0.39 is 5.41 Å². The Kier molecular flexibility index (Phi) is 37.3. The highest BCUT2D eigenvalue weighted by Crippen LogP contribution is 2.28. The quantitative estimate of drug-likeness (QED) is 0.0483. The van der Waals surface area contributed by atoms with E-state index in [4.69, 9.17) is 4.74 Å². The number of hydrogen-bond donors (Lipinski definition) is 2. The highest BCUT2D eigenvalue weighted by molar-refractivity contribution is 5.76. The van der Waals surface area contributed by atoms with Gasteiger partial charge >= 0.3 is 5.97 Å². The average Bonchev–Trinajstić information content (AvgIpc) is 3.12. The van der Waals surface area contributed by atoms with Gasteiger partial charge in [0, 0.05) is 19.5 Å². The van der Waals surface area contributed by atoms with Crippen molar-refractivity contribution < 1.29 is 19.4 Å². The van der Waals surface area contributed by atoms with E-state index in [-0.39, 0.29) is 24.6 Å². The molecule has 310 valence electrons. The number of unbranched alkanes of at least 4 members (excludes halogenated alkanes) is 23. The van der Waals surface area contributed by atoms with Crippen LogP contribution in [0.5, 0.6) is 0 Å². The van der Waals surface area contributed by atoms with Crippen LogP contribution in [0.3, 0.4) is 0 Å². The van der Waals surface area contributed by atoms with Gasteiger partial charge < -0.3 is 20.1 Å². The van der Waals surface area contributed by atoms with Crippen molar-refractivity contribution in [1.29, 1.82) is 0 Å².